The standard InChI is InChI=1S/C17H23BrN2O2/c1-17(2,3)22-16(21)20-9-8-11(10-20)15-14(18)12-6-4-5-7-13(12)19-15/h4-7,11,14-15,19H,8-10H2,1-3H3/t11-,14+,15-/m0/s1. The van der Waals surface area contributed by atoms with Gasteiger partial charge in [0.1, 0.15) is 5.60 Å². The fourth-order valence-corrected chi connectivity index (χ4v) is 4.21. The lowest BCUT2D eigenvalue weighted by Crippen LogP contribution is -2.37. The number of ether oxygens (including phenoxy) is 1. The topological polar surface area (TPSA) is 41.6 Å². The Hall–Kier alpha value is -1.23. The first-order valence-corrected chi connectivity index (χ1v) is 8.74. The summed E-state index contributed by atoms with van der Waals surface area (Å²) in [5.41, 5.74) is 2.07. The second-order valence-electron chi connectivity index (χ2n) is 7.13. The Morgan fingerprint density at radius 3 is 2.77 bits per heavy atom. The van der Waals surface area contributed by atoms with Crippen molar-refractivity contribution in [2.75, 3.05) is 18.4 Å². The van der Waals surface area contributed by atoms with E-state index < -0.39 is 5.60 Å². The van der Waals surface area contributed by atoms with Crippen LogP contribution >= 0.6 is 15.9 Å². The third kappa shape index (κ3) is 3.09. The van der Waals surface area contributed by atoms with Crippen molar-refractivity contribution in [3.8, 4) is 0 Å². The molecular weight excluding hydrogens is 344 g/mol. The van der Waals surface area contributed by atoms with Crippen LogP contribution in [0.4, 0.5) is 10.5 Å². The predicted octanol–water partition coefficient (Wildman–Crippen LogP) is 4.17. The van der Waals surface area contributed by atoms with Gasteiger partial charge < -0.3 is 15.0 Å². The molecule has 120 valence electrons. The van der Waals surface area contributed by atoms with E-state index in [0.29, 0.717) is 16.8 Å². The Balaban J connectivity index is 1.64. The van der Waals surface area contributed by atoms with Crippen molar-refractivity contribution in [3.63, 3.8) is 0 Å². The highest BCUT2D eigenvalue weighted by atomic mass is 79.9. The van der Waals surface area contributed by atoms with Crippen LogP contribution in [0, 0.1) is 5.92 Å². The average Bonchev–Trinajstić information content (AvgIpc) is 3.03. The van der Waals surface area contributed by atoms with E-state index in [1.807, 2.05) is 25.7 Å². The Kier molecular flexibility index (Phi) is 4.10. The Labute approximate surface area is 140 Å². The summed E-state index contributed by atoms with van der Waals surface area (Å²) in [5.74, 6) is 0.435. The van der Waals surface area contributed by atoms with E-state index in [1.165, 1.54) is 11.3 Å². The van der Waals surface area contributed by atoms with E-state index in [2.05, 4.69) is 45.5 Å². The molecule has 0 radical (unpaired) electrons. The van der Waals surface area contributed by atoms with Crippen LogP contribution in [0.1, 0.15) is 37.6 Å². The van der Waals surface area contributed by atoms with Gasteiger partial charge in [-0.2, -0.15) is 0 Å². The van der Waals surface area contributed by atoms with Gasteiger partial charge in [-0.05, 0) is 44.7 Å². The highest BCUT2D eigenvalue weighted by Gasteiger charge is 2.40. The molecule has 3 atom stereocenters. The van der Waals surface area contributed by atoms with Crippen molar-refractivity contribution < 1.29 is 9.53 Å². The largest absolute Gasteiger partial charge is 0.444 e. The van der Waals surface area contributed by atoms with Gasteiger partial charge in [-0.1, -0.05) is 34.1 Å². The van der Waals surface area contributed by atoms with Crippen LogP contribution in [-0.4, -0.2) is 35.7 Å². The molecule has 5 heteroatoms. The van der Waals surface area contributed by atoms with Crippen molar-refractivity contribution in [3.05, 3.63) is 29.8 Å². The van der Waals surface area contributed by atoms with Crippen molar-refractivity contribution in [2.45, 2.75) is 43.7 Å². The lowest BCUT2D eigenvalue weighted by atomic mass is 9.96. The van der Waals surface area contributed by atoms with Gasteiger partial charge >= 0.3 is 6.09 Å². The van der Waals surface area contributed by atoms with E-state index in [9.17, 15) is 4.79 Å². The van der Waals surface area contributed by atoms with Gasteiger partial charge in [0.05, 0.1) is 4.83 Å². The number of carbonyl (C=O) groups excluding carboxylic acids is 1. The number of likely N-dealkylation sites (tertiary alicyclic amines) is 1. The molecule has 0 unspecified atom stereocenters. The van der Waals surface area contributed by atoms with E-state index in [4.69, 9.17) is 4.74 Å². The number of amides is 1. The smallest absolute Gasteiger partial charge is 0.410 e. The van der Waals surface area contributed by atoms with Crippen molar-refractivity contribution in [2.24, 2.45) is 5.92 Å². The van der Waals surface area contributed by atoms with Gasteiger partial charge in [-0.25, -0.2) is 4.79 Å². The molecule has 1 aromatic carbocycles. The molecule has 0 aromatic heterocycles. The second kappa shape index (κ2) is 5.76. The van der Waals surface area contributed by atoms with E-state index in [0.717, 1.165) is 19.5 Å². The van der Waals surface area contributed by atoms with E-state index in [-0.39, 0.29) is 6.09 Å². The lowest BCUT2D eigenvalue weighted by Gasteiger charge is -2.26. The number of para-hydroxylation sites is 1. The van der Waals surface area contributed by atoms with Gasteiger partial charge in [-0.15, -0.1) is 0 Å². The summed E-state index contributed by atoms with van der Waals surface area (Å²) in [6.45, 7) is 7.24. The SMILES string of the molecule is CC(C)(C)OC(=O)N1CC[C@H]([C@@H]2Nc3ccccc3[C@H]2Br)C1. The number of halogens is 1. The molecule has 1 aromatic rings. The van der Waals surface area contributed by atoms with Crippen LogP contribution in [0.2, 0.25) is 0 Å². The zero-order valence-electron chi connectivity index (χ0n) is 13.3. The van der Waals surface area contributed by atoms with Crippen LogP contribution in [0.15, 0.2) is 24.3 Å². The predicted molar refractivity (Wildman–Crippen MR) is 91.4 cm³/mol. The normalized spacial score (nSPS) is 27.5. The number of hydrogen-bond donors (Lipinski definition) is 1. The van der Waals surface area contributed by atoms with Crippen LogP contribution in [0.25, 0.3) is 0 Å². The molecule has 1 fully saturated rings. The summed E-state index contributed by atoms with van der Waals surface area (Å²) in [4.78, 5) is 14.3. The molecule has 0 bridgehead atoms. The molecule has 2 heterocycles. The number of anilines is 1. The van der Waals surface area contributed by atoms with Crippen molar-refractivity contribution >= 4 is 27.7 Å². The second-order valence-corrected chi connectivity index (χ2v) is 8.12. The third-order valence-electron chi connectivity index (χ3n) is 4.28. The lowest BCUT2D eigenvalue weighted by molar-refractivity contribution is 0.0287. The Morgan fingerprint density at radius 2 is 2.09 bits per heavy atom. The number of carbonyl (C=O) groups is 1. The molecule has 1 N–H and O–H groups in total. The first-order chi connectivity index (χ1) is 10.3. The first kappa shape index (κ1) is 15.7. The van der Waals surface area contributed by atoms with Crippen LogP contribution in [0.3, 0.4) is 0 Å². The molecule has 0 aliphatic carbocycles. The molecule has 4 nitrogen and oxygen atoms in total. The highest BCUT2D eigenvalue weighted by Crippen LogP contribution is 2.44. The fourth-order valence-electron chi connectivity index (χ4n) is 3.24. The summed E-state index contributed by atoms with van der Waals surface area (Å²) in [7, 11) is 0. The van der Waals surface area contributed by atoms with Gasteiger partial charge in [0.25, 0.3) is 0 Å². The molecule has 2 aliphatic rings. The Bertz CT molecular complexity index is 570. The first-order valence-electron chi connectivity index (χ1n) is 7.82. The molecular formula is C17H23BrN2O2. The molecule has 0 saturated carbocycles. The molecule has 1 saturated heterocycles. The summed E-state index contributed by atoms with van der Waals surface area (Å²) in [5, 5.41) is 3.61. The quantitative estimate of drug-likeness (QED) is 0.758. The maximum absolute atomic E-state index is 12.2. The van der Waals surface area contributed by atoms with Gasteiger partial charge in [0.15, 0.2) is 0 Å². The molecule has 22 heavy (non-hydrogen) atoms. The minimum absolute atomic E-state index is 0.198. The maximum Gasteiger partial charge on any atom is 0.410 e. The summed E-state index contributed by atoms with van der Waals surface area (Å²) in [6.07, 6.45) is 0.809. The van der Waals surface area contributed by atoms with Gasteiger partial charge in [-0.3, -0.25) is 0 Å². The number of nitrogens with zero attached hydrogens (tertiary/aromatic N) is 1. The Morgan fingerprint density at radius 1 is 1.36 bits per heavy atom. The number of hydrogen-bond acceptors (Lipinski definition) is 3. The van der Waals surface area contributed by atoms with Crippen LogP contribution < -0.4 is 5.32 Å². The van der Waals surface area contributed by atoms with Gasteiger partial charge in [0.2, 0.25) is 0 Å². The summed E-state index contributed by atoms with van der Waals surface area (Å²) < 4.78 is 5.48. The highest BCUT2D eigenvalue weighted by molar-refractivity contribution is 9.09. The number of rotatable bonds is 1. The zero-order valence-corrected chi connectivity index (χ0v) is 14.9. The van der Waals surface area contributed by atoms with Crippen LogP contribution in [-0.2, 0) is 4.74 Å². The summed E-state index contributed by atoms with van der Waals surface area (Å²) >= 11 is 3.82. The number of alkyl halides is 1. The minimum Gasteiger partial charge on any atom is -0.444 e. The molecule has 1 amide bonds. The maximum atomic E-state index is 12.2. The average molecular weight is 367 g/mol. The number of benzene rings is 1. The fraction of sp³-hybridized carbons (Fsp3) is 0.588. The zero-order chi connectivity index (χ0) is 15.9. The number of fused-ring (bicyclic) bond motifs is 1. The molecule has 2 aliphatic heterocycles. The summed E-state index contributed by atoms with van der Waals surface area (Å²) in [6, 6.07) is 8.71. The third-order valence-corrected chi connectivity index (χ3v) is 5.34. The van der Waals surface area contributed by atoms with E-state index in [1.54, 1.807) is 0 Å². The van der Waals surface area contributed by atoms with Crippen LogP contribution in [0.5, 0.6) is 0 Å². The van der Waals surface area contributed by atoms with Gasteiger partial charge in [0, 0.05) is 24.8 Å². The molecule has 3 rings (SSSR count). The monoisotopic (exact) mass is 366 g/mol. The minimum atomic E-state index is -0.436. The van der Waals surface area contributed by atoms with Crippen molar-refractivity contribution in [1.82, 2.24) is 4.90 Å². The number of nitrogens with one attached hydrogen (secondary N) is 1. The van der Waals surface area contributed by atoms with E-state index >= 15 is 0 Å². The molecule has 0 spiro atoms. The van der Waals surface area contributed by atoms with Crippen molar-refractivity contribution in [1.29, 1.82) is 0 Å².